The van der Waals surface area contributed by atoms with E-state index in [1.54, 1.807) is 6.08 Å². The van der Waals surface area contributed by atoms with E-state index in [0.29, 0.717) is 6.42 Å². The van der Waals surface area contributed by atoms with E-state index in [0.717, 1.165) is 12.0 Å². The second-order valence-electron chi connectivity index (χ2n) is 5.81. The topological polar surface area (TPSA) is 98.0 Å². The third-order valence-corrected chi connectivity index (χ3v) is 4.23. The van der Waals surface area contributed by atoms with Gasteiger partial charge >= 0.3 is 5.97 Å². The zero-order chi connectivity index (χ0) is 16.1. The summed E-state index contributed by atoms with van der Waals surface area (Å²) in [5, 5.41) is 38.9. The lowest BCUT2D eigenvalue weighted by Gasteiger charge is -2.21. The molecular formula is C17H22O5. The highest BCUT2D eigenvalue weighted by atomic mass is 16.4. The Labute approximate surface area is 129 Å². The molecule has 1 saturated carbocycles. The zero-order valence-electron chi connectivity index (χ0n) is 12.3. The fourth-order valence-corrected chi connectivity index (χ4v) is 3.14. The normalized spacial score (nSPS) is 28.7. The molecule has 0 amide bonds. The van der Waals surface area contributed by atoms with E-state index in [1.807, 2.05) is 30.3 Å². The highest BCUT2D eigenvalue weighted by molar-refractivity contribution is 5.67. The monoisotopic (exact) mass is 306 g/mol. The number of hydrogen-bond acceptors (Lipinski definition) is 4. The van der Waals surface area contributed by atoms with Gasteiger partial charge in [0.15, 0.2) is 0 Å². The van der Waals surface area contributed by atoms with Crippen LogP contribution in [-0.4, -0.2) is 38.6 Å². The summed E-state index contributed by atoms with van der Waals surface area (Å²) in [6, 6.07) is 9.81. The molecule has 2 rings (SSSR count). The quantitative estimate of drug-likeness (QED) is 0.602. The van der Waals surface area contributed by atoms with Gasteiger partial charge in [-0.2, -0.15) is 0 Å². The molecular weight excluding hydrogens is 284 g/mol. The van der Waals surface area contributed by atoms with Crippen molar-refractivity contribution in [3.05, 3.63) is 47.7 Å². The first-order valence-corrected chi connectivity index (χ1v) is 7.50. The maximum atomic E-state index is 10.9. The minimum absolute atomic E-state index is 0.0220. The lowest BCUT2D eigenvalue weighted by Crippen LogP contribution is -2.26. The van der Waals surface area contributed by atoms with Gasteiger partial charge in [-0.15, -0.1) is 0 Å². The summed E-state index contributed by atoms with van der Waals surface area (Å²) in [5.41, 5.74) is 1.14. The molecule has 0 aliphatic heterocycles. The van der Waals surface area contributed by atoms with Crippen LogP contribution in [0.3, 0.4) is 0 Å². The Kier molecular flexibility index (Phi) is 5.57. The van der Waals surface area contributed by atoms with E-state index < -0.39 is 30.0 Å². The molecule has 0 radical (unpaired) electrons. The van der Waals surface area contributed by atoms with Gasteiger partial charge in [-0.05, 0) is 24.5 Å². The molecule has 5 heteroatoms. The van der Waals surface area contributed by atoms with Crippen molar-refractivity contribution in [1.29, 1.82) is 0 Å². The summed E-state index contributed by atoms with van der Waals surface area (Å²) < 4.78 is 0. The largest absolute Gasteiger partial charge is 0.512 e. The number of rotatable bonds is 6. The standard InChI is InChI=1S/C17H22O5/c18-13(8-4-7-11-5-2-1-3-6-11)17-12(9-16(21)22)14(19)10-15(17)20/h1-3,5-6,8,12,14-15,17-20H,4,7,9-10H2,(H,21,22)/t12-,14-,15+,17-/m0/s1. The van der Waals surface area contributed by atoms with Crippen molar-refractivity contribution in [2.45, 2.75) is 37.9 Å². The number of hydrogen-bond donors (Lipinski definition) is 4. The molecule has 4 N–H and O–H groups in total. The Morgan fingerprint density at radius 1 is 1.14 bits per heavy atom. The zero-order valence-corrected chi connectivity index (χ0v) is 12.3. The summed E-state index contributed by atoms with van der Waals surface area (Å²) >= 11 is 0. The lowest BCUT2D eigenvalue weighted by atomic mass is 9.88. The van der Waals surface area contributed by atoms with Gasteiger partial charge in [0, 0.05) is 18.3 Å². The first-order chi connectivity index (χ1) is 10.5. The molecule has 0 saturated heterocycles. The van der Waals surface area contributed by atoms with Crippen molar-refractivity contribution in [1.82, 2.24) is 0 Å². The van der Waals surface area contributed by atoms with Crippen LogP contribution in [0, 0.1) is 11.8 Å². The average molecular weight is 306 g/mol. The summed E-state index contributed by atoms with van der Waals surface area (Å²) in [6.45, 7) is 0. The highest BCUT2D eigenvalue weighted by Gasteiger charge is 2.44. The second-order valence-corrected chi connectivity index (χ2v) is 5.81. The van der Waals surface area contributed by atoms with Crippen LogP contribution < -0.4 is 0 Å². The summed E-state index contributed by atoms with van der Waals surface area (Å²) in [4.78, 5) is 10.9. The van der Waals surface area contributed by atoms with Crippen molar-refractivity contribution in [3.8, 4) is 0 Å². The number of aliphatic hydroxyl groups is 3. The Hall–Kier alpha value is -1.85. The molecule has 0 spiro atoms. The van der Waals surface area contributed by atoms with Crippen LogP contribution in [0.25, 0.3) is 0 Å². The van der Waals surface area contributed by atoms with Gasteiger partial charge < -0.3 is 20.4 Å². The van der Waals surface area contributed by atoms with Crippen LogP contribution in [0.1, 0.15) is 24.8 Å². The van der Waals surface area contributed by atoms with Crippen LogP contribution >= 0.6 is 0 Å². The number of aryl methyl sites for hydroxylation is 1. The predicted octanol–water partition coefficient (Wildman–Crippen LogP) is 1.89. The predicted molar refractivity (Wildman–Crippen MR) is 81.3 cm³/mol. The fourth-order valence-electron chi connectivity index (χ4n) is 3.14. The van der Waals surface area contributed by atoms with Crippen molar-refractivity contribution in [2.75, 3.05) is 0 Å². The number of aliphatic hydroxyl groups excluding tert-OH is 3. The molecule has 5 nitrogen and oxygen atoms in total. The van der Waals surface area contributed by atoms with Crippen molar-refractivity contribution >= 4 is 5.97 Å². The highest BCUT2D eigenvalue weighted by Crippen LogP contribution is 2.38. The average Bonchev–Trinajstić information content (AvgIpc) is 2.73. The van der Waals surface area contributed by atoms with E-state index in [2.05, 4.69) is 0 Å². The first-order valence-electron chi connectivity index (χ1n) is 7.50. The lowest BCUT2D eigenvalue weighted by molar-refractivity contribution is -0.139. The van der Waals surface area contributed by atoms with Gasteiger partial charge in [-0.25, -0.2) is 0 Å². The molecule has 0 bridgehead atoms. The number of benzene rings is 1. The van der Waals surface area contributed by atoms with Crippen molar-refractivity contribution in [3.63, 3.8) is 0 Å². The molecule has 1 aromatic rings. The van der Waals surface area contributed by atoms with Crippen molar-refractivity contribution < 1.29 is 25.2 Å². The molecule has 1 aromatic carbocycles. The van der Waals surface area contributed by atoms with E-state index in [1.165, 1.54) is 0 Å². The molecule has 0 heterocycles. The number of aliphatic carboxylic acids is 1. The van der Waals surface area contributed by atoms with Crippen LogP contribution in [0.4, 0.5) is 0 Å². The van der Waals surface area contributed by atoms with Gasteiger partial charge in [0.25, 0.3) is 0 Å². The molecule has 0 aromatic heterocycles. The van der Waals surface area contributed by atoms with Gasteiger partial charge in [0.05, 0.1) is 24.4 Å². The Morgan fingerprint density at radius 3 is 2.45 bits per heavy atom. The molecule has 1 aliphatic carbocycles. The van der Waals surface area contributed by atoms with E-state index in [-0.39, 0.29) is 18.6 Å². The van der Waals surface area contributed by atoms with Gasteiger partial charge in [0.1, 0.15) is 0 Å². The fraction of sp³-hybridized carbons (Fsp3) is 0.471. The van der Waals surface area contributed by atoms with Crippen molar-refractivity contribution in [2.24, 2.45) is 11.8 Å². The summed E-state index contributed by atoms with van der Waals surface area (Å²) in [5.74, 6) is -2.42. The molecule has 1 aliphatic rings. The van der Waals surface area contributed by atoms with Gasteiger partial charge in [-0.3, -0.25) is 4.79 Å². The molecule has 4 atom stereocenters. The third kappa shape index (κ3) is 4.08. The Morgan fingerprint density at radius 2 is 1.82 bits per heavy atom. The maximum absolute atomic E-state index is 10.9. The van der Waals surface area contributed by atoms with Crippen LogP contribution in [0.15, 0.2) is 42.2 Å². The minimum Gasteiger partial charge on any atom is -0.512 e. The number of carbonyl (C=O) groups is 1. The van der Waals surface area contributed by atoms with E-state index >= 15 is 0 Å². The SMILES string of the molecule is O=C(O)C[C@@H]1[C@@H](C(O)=CCCc2ccccc2)[C@H](O)C[C@@H]1O. The molecule has 0 unspecified atom stereocenters. The summed E-state index contributed by atoms with van der Waals surface area (Å²) in [7, 11) is 0. The minimum atomic E-state index is -1.04. The maximum Gasteiger partial charge on any atom is 0.303 e. The van der Waals surface area contributed by atoms with Crippen LogP contribution in [0.5, 0.6) is 0 Å². The van der Waals surface area contributed by atoms with Gasteiger partial charge in [0.2, 0.25) is 0 Å². The first kappa shape index (κ1) is 16.5. The number of carboxylic acids is 1. The van der Waals surface area contributed by atoms with E-state index in [4.69, 9.17) is 5.11 Å². The van der Waals surface area contributed by atoms with E-state index in [9.17, 15) is 20.1 Å². The number of carboxylic acid groups (broad SMARTS) is 1. The number of allylic oxidation sites excluding steroid dienone is 1. The van der Waals surface area contributed by atoms with Crippen LogP contribution in [-0.2, 0) is 11.2 Å². The molecule has 1 fully saturated rings. The Balaban J connectivity index is 2.00. The summed E-state index contributed by atoms with van der Waals surface area (Å²) in [6.07, 6.45) is 0.981. The van der Waals surface area contributed by atoms with Gasteiger partial charge in [-0.1, -0.05) is 30.3 Å². The molecule has 22 heavy (non-hydrogen) atoms. The Bertz CT molecular complexity index is 525. The third-order valence-electron chi connectivity index (χ3n) is 4.23. The molecule has 120 valence electrons. The van der Waals surface area contributed by atoms with Crippen LogP contribution in [0.2, 0.25) is 0 Å². The smallest absolute Gasteiger partial charge is 0.303 e. The second kappa shape index (κ2) is 7.42.